The zero-order valence-corrected chi connectivity index (χ0v) is 17.3. The summed E-state index contributed by atoms with van der Waals surface area (Å²) in [5, 5.41) is 6.17. The molecule has 30 heavy (non-hydrogen) atoms. The van der Waals surface area contributed by atoms with Gasteiger partial charge in [-0.3, -0.25) is 4.79 Å². The van der Waals surface area contributed by atoms with Crippen LogP contribution in [0.5, 0.6) is 5.88 Å². The Labute approximate surface area is 178 Å². The Kier molecular flexibility index (Phi) is 4.83. The fourth-order valence-corrected chi connectivity index (χ4v) is 4.27. The van der Waals surface area contributed by atoms with Gasteiger partial charge in [0, 0.05) is 42.4 Å². The summed E-state index contributed by atoms with van der Waals surface area (Å²) < 4.78 is 13.6. The predicted octanol–water partition coefficient (Wildman–Crippen LogP) is 4.58. The smallest absolute Gasteiger partial charge is 0.231 e. The molecular formula is C22H21ClN4O3. The molecule has 1 amide bonds. The van der Waals surface area contributed by atoms with Crippen LogP contribution < -0.4 is 4.74 Å². The van der Waals surface area contributed by atoms with Crippen LogP contribution in [0.25, 0.3) is 28.1 Å². The molecule has 1 aromatic carbocycles. The number of nitrogens with zero attached hydrogens (tertiary/aromatic N) is 4. The van der Waals surface area contributed by atoms with Crippen molar-refractivity contribution in [1.29, 1.82) is 0 Å². The Morgan fingerprint density at radius 1 is 1.30 bits per heavy atom. The molecule has 5 rings (SSSR count). The highest BCUT2D eigenvalue weighted by Gasteiger charge is 2.26. The summed E-state index contributed by atoms with van der Waals surface area (Å²) in [7, 11) is 0. The number of rotatable bonds is 5. The number of halogens is 1. The first-order chi connectivity index (χ1) is 14.6. The largest absolute Gasteiger partial charge is 0.477 e. The Hall–Kier alpha value is -3.06. The Balaban J connectivity index is 1.35. The van der Waals surface area contributed by atoms with E-state index in [1.807, 2.05) is 35.2 Å². The molecular weight excluding hydrogens is 404 g/mol. The maximum Gasteiger partial charge on any atom is 0.231 e. The molecule has 8 heteroatoms. The maximum atomic E-state index is 11.7. The minimum absolute atomic E-state index is 0.132. The van der Waals surface area contributed by atoms with Gasteiger partial charge in [-0.2, -0.15) is 0 Å². The molecule has 0 bridgehead atoms. The number of imidazole rings is 1. The SMILES string of the molecule is CC(=O)N1CCCC1CCOc1ccc2ncc(-c3cc4cc(Cl)ccc4o3)n2n1. The molecule has 154 valence electrons. The average Bonchev–Trinajstić information content (AvgIpc) is 3.44. The molecule has 0 saturated carbocycles. The topological polar surface area (TPSA) is 72.9 Å². The average molecular weight is 425 g/mol. The number of benzene rings is 1. The number of fused-ring (bicyclic) bond motifs is 2. The Morgan fingerprint density at radius 3 is 3.07 bits per heavy atom. The van der Waals surface area contributed by atoms with Gasteiger partial charge in [0.2, 0.25) is 11.8 Å². The molecule has 1 aliphatic heterocycles. The van der Waals surface area contributed by atoms with E-state index in [1.54, 1.807) is 23.7 Å². The third-order valence-electron chi connectivity index (χ3n) is 5.55. The number of amides is 1. The highest BCUT2D eigenvalue weighted by Crippen LogP contribution is 2.30. The normalized spacial score (nSPS) is 16.6. The molecule has 0 aliphatic carbocycles. The molecule has 1 atom stereocenters. The van der Waals surface area contributed by atoms with E-state index < -0.39 is 0 Å². The van der Waals surface area contributed by atoms with Gasteiger partial charge in [0.25, 0.3) is 0 Å². The summed E-state index contributed by atoms with van der Waals surface area (Å²) in [6.45, 7) is 2.96. The lowest BCUT2D eigenvalue weighted by Gasteiger charge is -2.23. The summed E-state index contributed by atoms with van der Waals surface area (Å²) in [4.78, 5) is 18.1. The third kappa shape index (κ3) is 3.50. The van der Waals surface area contributed by atoms with Crippen LogP contribution in [0.15, 0.2) is 47.0 Å². The van der Waals surface area contributed by atoms with Gasteiger partial charge in [0.1, 0.15) is 11.3 Å². The Bertz CT molecular complexity index is 1230. The third-order valence-corrected chi connectivity index (χ3v) is 5.79. The Morgan fingerprint density at radius 2 is 2.20 bits per heavy atom. The van der Waals surface area contributed by atoms with Crippen LogP contribution in [0, 0.1) is 0 Å². The maximum absolute atomic E-state index is 11.7. The van der Waals surface area contributed by atoms with Gasteiger partial charge in [-0.15, -0.1) is 5.10 Å². The lowest BCUT2D eigenvalue weighted by molar-refractivity contribution is -0.129. The fraction of sp³-hybridized carbons (Fsp3) is 0.318. The van der Waals surface area contributed by atoms with E-state index in [9.17, 15) is 4.79 Å². The number of likely N-dealkylation sites (tertiary alicyclic amines) is 1. The van der Waals surface area contributed by atoms with Gasteiger partial charge in [-0.1, -0.05) is 11.6 Å². The highest BCUT2D eigenvalue weighted by atomic mass is 35.5. The second kappa shape index (κ2) is 7.65. The van der Waals surface area contributed by atoms with Crippen molar-refractivity contribution in [1.82, 2.24) is 19.5 Å². The zero-order valence-electron chi connectivity index (χ0n) is 16.5. The van der Waals surface area contributed by atoms with E-state index >= 15 is 0 Å². The van der Waals surface area contributed by atoms with Gasteiger partial charge < -0.3 is 14.1 Å². The molecule has 1 unspecified atom stereocenters. The van der Waals surface area contributed by atoms with Crippen LogP contribution in [0.1, 0.15) is 26.2 Å². The van der Waals surface area contributed by atoms with Gasteiger partial charge in [-0.25, -0.2) is 9.50 Å². The van der Waals surface area contributed by atoms with Crippen LogP contribution in [-0.4, -0.2) is 44.6 Å². The minimum atomic E-state index is 0.132. The van der Waals surface area contributed by atoms with Crippen molar-refractivity contribution in [2.75, 3.05) is 13.2 Å². The second-order valence-electron chi connectivity index (χ2n) is 7.52. The first-order valence-corrected chi connectivity index (χ1v) is 10.4. The van der Waals surface area contributed by atoms with Crippen LogP contribution >= 0.6 is 11.6 Å². The molecule has 0 spiro atoms. The number of furan rings is 1. The summed E-state index contributed by atoms with van der Waals surface area (Å²) >= 11 is 6.08. The van der Waals surface area contributed by atoms with Crippen molar-refractivity contribution in [2.45, 2.75) is 32.2 Å². The molecule has 3 aromatic heterocycles. The van der Waals surface area contributed by atoms with Crippen molar-refractivity contribution in [2.24, 2.45) is 0 Å². The van der Waals surface area contributed by atoms with Crippen molar-refractivity contribution in [3.63, 3.8) is 0 Å². The molecule has 4 heterocycles. The lowest BCUT2D eigenvalue weighted by atomic mass is 10.1. The quantitative estimate of drug-likeness (QED) is 0.469. The molecule has 1 fully saturated rings. The van der Waals surface area contributed by atoms with Gasteiger partial charge >= 0.3 is 0 Å². The van der Waals surface area contributed by atoms with E-state index in [1.165, 1.54) is 0 Å². The first-order valence-electron chi connectivity index (χ1n) is 10.0. The van der Waals surface area contributed by atoms with Crippen LogP contribution in [-0.2, 0) is 4.79 Å². The van der Waals surface area contributed by atoms with Crippen LogP contribution in [0.2, 0.25) is 5.02 Å². The first kappa shape index (κ1) is 18.9. The lowest BCUT2D eigenvalue weighted by Crippen LogP contribution is -2.34. The summed E-state index contributed by atoms with van der Waals surface area (Å²) in [5.74, 6) is 1.30. The summed E-state index contributed by atoms with van der Waals surface area (Å²) in [6, 6.07) is 11.4. The summed E-state index contributed by atoms with van der Waals surface area (Å²) in [5.41, 5.74) is 2.19. The molecule has 1 aliphatic rings. The van der Waals surface area contributed by atoms with E-state index in [0.29, 0.717) is 28.9 Å². The van der Waals surface area contributed by atoms with Crippen LogP contribution in [0.4, 0.5) is 0 Å². The second-order valence-corrected chi connectivity index (χ2v) is 7.96. The molecule has 4 aromatic rings. The highest BCUT2D eigenvalue weighted by molar-refractivity contribution is 6.31. The van der Waals surface area contributed by atoms with Gasteiger partial charge in [0.05, 0.1) is 12.8 Å². The number of hydrogen-bond donors (Lipinski definition) is 0. The minimum Gasteiger partial charge on any atom is -0.477 e. The van der Waals surface area contributed by atoms with Crippen molar-refractivity contribution >= 4 is 34.1 Å². The number of ether oxygens (including phenoxy) is 1. The van der Waals surface area contributed by atoms with E-state index in [0.717, 1.165) is 42.5 Å². The standard InChI is InChI=1S/C22H21ClN4O3/c1-14(28)26-9-2-3-17(26)8-10-29-22-7-6-21-24-13-18(27(21)25-22)20-12-15-11-16(23)4-5-19(15)30-20/h4-7,11-13,17H,2-3,8-10H2,1H3. The van der Waals surface area contributed by atoms with E-state index in [-0.39, 0.29) is 11.9 Å². The van der Waals surface area contributed by atoms with E-state index in [2.05, 4.69) is 10.1 Å². The monoisotopic (exact) mass is 424 g/mol. The predicted molar refractivity (Wildman–Crippen MR) is 114 cm³/mol. The van der Waals surface area contributed by atoms with Gasteiger partial charge in [-0.05, 0) is 43.2 Å². The van der Waals surface area contributed by atoms with Crippen LogP contribution in [0.3, 0.4) is 0 Å². The number of aromatic nitrogens is 3. The fourth-order valence-electron chi connectivity index (χ4n) is 4.09. The number of hydrogen-bond acceptors (Lipinski definition) is 5. The summed E-state index contributed by atoms with van der Waals surface area (Å²) in [6.07, 6.45) is 4.60. The van der Waals surface area contributed by atoms with Gasteiger partial charge in [0.15, 0.2) is 11.4 Å². The number of carbonyl (C=O) groups is 1. The zero-order chi connectivity index (χ0) is 20.7. The number of carbonyl (C=O) groups excluding carboxylic acids is 1. The molecule has 1 saturated heterocycles. The molecule has 7 nitrogen and oxygen atoms in total. The molecule has 0 N–H and O–H groups in total. The molecule has 0 radical (unpaired) electrons. The van der Waals surface area contributed by atoms with Crippen molar-refractivity contribution in [3.8, 4) is 17.3 Å². The van der Waals surface area contributed by atoms with Crippen molar-refractivity contribution < 1.29 is 13.9 Å². The van der Waals surface area contributed by atoms with Crippen molar-refractivity contribution in [3.05, 3.63) is 47.6 Å². The van der Waals surface area contributed by atoms with E-state index in [4.69, 9.17) is 20.8 Å².